The average Bonchev–Trinajstić information content (AvgIpc) is 3.19. The Kier molecular flexibility index (Phi) is 6.24. The van der Waals surface area contributed by atoms with Gasteiger partial charge in [0.15, 0.2) is 0 Å². The number of hydrogen-bond acceptors (Lipinski definition) is 3. The zero-order valence-corrected chi connectivity index (χ0v) is 15.9. The highest BCUT2D eigenvalue weighted by molar-refractivity contribution is 5.88. The Balaban J connectivity index is 1.72. The fourth-order valence-corrected chi connectivity index (χ4v) is 3.50. The smallest absolute Gasteiger partial charge is 0.249 e. The lowest BCUT2D eigenvalue weighted by molar-refractivity contribution is -0.145. The van der Waals surface area contributed by atoms with E-state index in [1.165, 1.54) is 0 Å². The maximum Gasteiger partial charge on any atom is 0.249 e. The van der Waals surface area contributed by atoms with E-state index in [0.717, 1.165) is 17.5 Å². The minimum Gasteiger partial charge on any atom is -0.359 e. The molecule has 1 aliphatic heterocycles. The van der Waals surface area contributed by atoms with Crippen molar-refractivity contribution >= 4 is 11.8 Å². The Labute approximate surface area is 160 Å². The summed E-state index contributed by atoms with van der Waals surface area (Å²) in [5.74, 6) is -0.159. The van der Waals surface area contributed by atoms with Gasteiger partial charge in [-0.3, -0.25) is 9.59 Å². The molecule has 0 N–H and O–H groups in total. The van der Waals surface area contributed by atoms with E-state index in [4.69, 9.17) is 4.74 Å². The minimum atomic E-state index is -0.372. The zero-order chi connectivity index (χ0) is 19.2. The van der Waals surface area contributed by atoms with Crippen LogP contribution in [0.15, 0.2) is 60.7 Å². The number of carbonyl (C=O) groups is 2. The van der Waals surface area contributed by atoms with Crippen LogP contribution in [0.5, 0.6) is 0 Å². The van der Waals surface area contributed by atoms with Crippen LogP contribution >= 0.6 is 0 Å². The number of ether oxygens (including phenoxy) is 1. The first-order valence-electron chi connectivity index (χ1n) is 9.30. The second-order valence-corrected chi connectivity index (χ2v) is 6.99. The van der Waals surface area contributed by atoms with Gasteiger partial charge >= 0.3 is 0 Å². The van der Waals surface area contributed by atoms with Gasteiger partial charge in [0.05, 0.1) is 0 Å². The highest BCUT2D eigenvalue weighted by Gasteiger charge is 2.35. The van der Waals surface area contributed by atoms with Crippen LogP contribution in [-0.2, 0) is 14.3 Å². The van der Waals surface area contributed by atoms with Crippen LogP contribution in [0.3, 0.4) is 0 Å². The van der Waals surface area contributed by atoms with Crippen molar-refractivity contribution in [3.05, 3.63) is 71.8 Å². The summed E-state index contributed by atoms with van der Waals surface area (Å²) in [6, 6.07) is 19.4. The van der Waals surface area contributed by atoms with Gasteiger partial charge in [-0.1, -0.05) is 60.7 Å². The molecule has 5 nitrogen and oxygen atoms in total. The summed E-state index contributed by atoms with van der Waals surface area (Å²) in [4.78, 5) is 28.3. The number of amides is 2. The van der Waals surface area contributed by atoms with E-state index >= 15 is 0 Å². The van der Waals surface area contributed by atoms with Crippen molar-refractivity contribution in [3.63, 3.8) is 0 Å². The molecule has 2 aromatic rings. The van der Waals surface area contributed by atoms with Crippen molar-refractivity contribution in [2.75, 3.05) is 27.2 Å². The van der Waals surface area contributed by atoms with Crippen LogP contribution in [0.1, 0.15) is 30.1 Å². The van der Waals surface area contributed by atoms with E-state index in [0.29, 0.717) is 13.0 Å². The van der Waals surface area contributed by atoms with Gasteiger partial charge in [-0.25, -0.2) is 0 Å². The predicted molar refractivity (Wildman–Crippen MR) is 104 cm³/mol. The van der Waals surface area contributed by atoms with E-state index in [2.05, 4.69) is 0 Å². The van der Waals surface area contributed by atoms with Crippen LogP contribution in [0.25, 0.3) is 0 Å². The zero-order valence-electron chi connectivity index (χ0n) is 15.9. The molecule has 3 rings (SSSR count). The third kappa shape index (κ3) is 4.55. The Morgan fingerprint density at radius 2 is 1.59 bits per heavy atom. The normalized spacial score (nSPS) is 16.6. The monoisotopic (exact) mass is 366 g/mol. The van der Waals surface area contributed by atoms with Crippen LogP contribution in [0, 0.1) is 0 Å². The summed E-state index contributed by atoms with van der Waals surface area (Å²) in [7, 11) is 3.45. The number of hydrogen-bond donors (Lipinski definition) is 0. The van der Waals surface area contributed by atoms with E-state index in [9.17, 15) is 9.59 Å². The predicted octanol–water partition coefficient (Wildman–Crippen LogP) is 2.87. The molecule has 27 heavy (non-hydrogen) atoms. The molecule has 0 aromatic heterocycles. The largest absolute Gasteiger partial charge is 0.359 e. The Morgan fingerprint density at radius 3 is 2.11 bits per heavy atom. The molecule has 2 amide bonds. The van der Waals surface area contributed by atoms with Crippen LogP contribution in [0.2, 0.25) is 0 Å². The number of rotatable bonds is 6. The number of likely N-dealkylation sites (N-methyl/N-ethyl adjacent to an activating group) is 1. The second kappa shape index (κ2) is 8.82. The Morgan fingerprint density at radius 1 is 1.04 bits per heavy atom. The quantitative estimate of drug-likeness (QED) is 0.790. The van der Waals surface area contributed by atoms with Crippen LogP contribution < -0.4 is 0 Å². The van der Waals surface area contributed by atoms with Gasteiger partial charge in [-0.05, 0) is 24.0 Å². The van der Waals surface area contributed by atoms with Gasteiger partial charge in [0.1, 0.15) is 18.8 Å². The van der Waals surface area contributed by atoms with Gasteiger partial charge in [-0.2, -0.15) is 0 Å². The lowest BCUT2D eigenvalue weighted by atomic mass is 10.0. The molecule has 1 aliphatic rings. The summed E-state index contributed by atoms with van der Waals surface area (Å²) in [5, 5.41) is 0. The maximum atomic E-state index is 12.8. The number of likely N-dealkylation sites (tertiary alicyclic amines) is 1. The number of nitrogens with zero attached hydrogens (tertiary/aromatic N) is 2. The molecular formula is C22H26N2O3. The van der Waals surface area contributed by atoms with Crippen molar-refractivity contribution in [2.45, 2.75) is 25.0 Å². The summed E-state index contributed by atoms with van der Waals surface area (Å²) in [6.45, 7) is 0.555. The minimum absolute atomic E-state index is 0.0245. The highest BCUT2D eigenvalue weighted by Crippen LogP contribution is 2.26. The van der Waals surface area contributed by atoms with E-state index in [1.807, 2.05) is 60.7 Å². The van der Waals surface area contributed by atoms with E-state index < -0.39 is 0 Å². The lowest BCUT2D eigenvalue weighted by Gasteiger charge is -2.27. The summed E-state index contributed by atoms with van der Waals surface area (Å²) < 4.78 is 6.06. The highest BCUT2D eigenvalue weighted by atomic mass is 16.5. The van der Waals surface area contributed by atoms with Crippen molar-refractivity contribution in [2.24, 2.45) is 0 Å². The van der Waals surface area contributed by atoms with Crippen molar-refractivity contribution in [1.82, 2.24) is 9.80 Å². The van der Waals surface area contributed by atoms with Crippen molar-refractivity contribution < 1.29 is 14.3 Å². The first-order chi connectivity index (χ1) is 13.1. The molecular weight excluding hydrogens is 340 g/mol. The number of carbonyl (C=O) groups excluding carboxylic acids is 2. The molecule has 0 radical (unpaired) electrons. The van der Waals surface area contributed by atoms with Crippen molar-refractivity contribution in [1.29, 1.82) is 0 Å². The molecule has 1 unspecified atom stereocenters. The van der Waals surface area contributed by atoms with Crippen LogP contribution in [0.4, 0.5) is 0 Å². The molecule has 0 spiro atoms. The molecule has 5 heteroatoms. The fourth-order valence-electron chi connectivity index (χ4n) is 3.50. The maximum absolute atomic E-state index is 12.8. The van der Waals surface area contributed by atoms with Gasteiger partial charge < -0.3 is 14.5 Å². The van der Waals surface area contributed by atoms with Gasteiger partial charge in [-0.15, -0.1) is 0 Å². The molecule has 1 fully saturated rings. The second-order valence-electron chi connectivity index (χ2n) is 6.99. The van der Waals surface area contributed by atoms with Gasteiger partial charge in [0, 0.05) is 20.6 Å². The molecule has 2 aromatic carbocycles. The van der Waals surface area contributed by atoms with E-state index in [1.54, 1.807) is 23.9 Å². The Hall–Kier alpha value is -2.66. The van der Waals surface area contributed by atoms with Crippen molar-refractivity contribution in [3.8, 4) is 0 Å². The van der Waals surface area contributed by atoms with Gasteiger partial charge in [0.25, 0.3) is 0 Å². The first-order valence-corrected chi connectivity index (χ1v) is 9.30. The summed E-state index contributed by atoms with van der Waals surface area (Å²) in [5.41, 5.74) is 2.00. The third-order valence-electron chi connectivity index (χ3n) is 4.88. The molecule has 0 saturated carbocycles. The molecule has 1 heterocycles. The molecule has 142 valence electrons. The fraction of sp³-hybridized carbons (Fsp3) is 0.364. The average molecular weight is 366 g/mol. The van der Waals surface area contributed by atoms with E-state index in [-0.39, 0.29) is 30.6 Å². The SMILES string of the molecule is CN(C)C(=O)C1CCCN1C(=O)COC(c1ccccc1)c1ccccc1. The molecule has 1 atom stereocenters. The topological polar surface area (TPSA) is 49.9 Å². The first kappa shape index (κ1) is 19.1. The Bertz CT molecular complexity index is 722. The standard InChI is InChI=1S/C22H26N2O3/c1-23(2)22(26)19-14-9-15-24(19)20(25)16-27-21(17-10-5-3-6-11-17)18-12-7-4-8-13-18/h3-8,10-13,19,21H,9,14-16H2,1-2H3. The van der Waals surface area contributed by atoms with Gasteiger partial charge in [0.2, 0.25) is 11.8 Å². The number of benzene rings is 2. The molecule has 0 bridgehead atoms. The third-order valence-corrected chi connectivity index (χ3v) is 4.88. The summed E-state index contributed by atoms with van der Waals surface area (Å²) >= 11 is 0. The molecule has 0 aliphatic carbocycles. The van der Waals surface area contributed by atoms with Crippen LogP contribution in [-0.4, -0.2) is 54.9 Å². The summed E-state index contributed by atoms with van der Waals surface area (Å²) in [6.07, 6.45) is 1.24. The lowest BCUT2D eigenvalue weighted by Crippen LogP contribution is -2.46. The molecule has 1 saturated heterocycles.